The lowest BCUT2D eigenvalue weighted by atomic mass is 9.95. The molecule has 3 rings (SSSR count). The van der Waals surface area contributed by atoms with Crippen molar-refractivity contribution in [2.45, 2.75) is 39.2 Å². The van der Waals surface area contributed by atoms with E-state index in [1.54, 1.807) is 0 Å². The summed E-state index contributed by atoms with van der Waals surface area (Å²) in [6, 6.07) is 6.07. The van der Waals surface area contributed by atoms with E-state index in [0.717, 1.165) is 24.9 Å². The van der Waals surface area contributed by atoms with Crippen LogP contribution in [0.15, 0.2) is 18.2 Å². The van der Waals surface area contributed by atoms with E-state index >= 15 is 0 Å². The van der Waals surface area contributed by atoms with Crippen molar-refractivity contribution in [2.75, 3.05) is 13.1 Å². The number of hydrogen-bond donors (Lipinski definition) is 2. The van der Waals surface area contributed by atoms with Crippen molar-refractivity contribution in [3.63, 3.8) is 0 Å². The van der Waals surface area contributed by atoms with E-state index in [4.69, 9.17) is 5.73 Å². The minimum Gasteiger partial charge on any atom is -0.351 e. The van der Waals surface area contributed by atoms with Crippen molar-refractivity contribution >= 4 is 16.8 Å². The van der Waals surface area contributed by atoms with Crippen LogP contribution >= 0.6 is 0 Å². The van der Waals surface area contributed by atoms with E-state index in [-0.39, 0.29) is 5.91 Å². The van der Waals surface area contributed by atoms with Crippen LogP contribution in [0.4, 0.5) is 0 Å². The van der Waals surface area contributed by atoms with Crippen molar-refractivity contribution in [3.05, 3.63) is 35.0 Å². The quantitative estimate of drug-likeness (QED) is 0.905. The highest BCUT2D eigenvalue weighted by atomic mass is 16.1. The summed E-state index contributed by atoms with van der Waals surface area (Å²) in [7, 11) is 0. The SMILES string of the molecule is CCn1c2c(c3cc(C(=O)NCCN)ccc31)CCCC2. The molecule has 0 aliphatic heterocycles. The zero-order valence-electron chi connectivity index (χ0n) is 12.6. The first-order valence-electron chi connectivity index (χ1n) is 7.88. The smallest absolute Gasteiger partial charge is 0.251 e. The minimum atomic E-state index is -0.0313. The number of nitrogens with zero attached hydrogens (tertiary/aromatic N) is 1. The van der Waals surface area contributed by atoms with Crippen LogP contribution in [0.25, 0.3) is 10.9 Å². The first-order valence-corrected chi connectivity index (χ1v) is 7.88. The van der Waals surface area contributed by atoms with E-state index < -0.39 is 0 Å². The van der Waals surface area contributed by atoms with Gasteiger partial charge in [-0.3, -0.25) is 4.79 Å². The van der Waals surface area contributed by atoms with Gasteiger partial charge in [-0.05, 0) is 56.4 Å². The van der Waals surface area contributed by atoms with E-state index in [0.29, 0.717) is 13.1 Å². The molecule has 4 nitrogen and oxygen atoms in total. The van der Waals surface area contributed by atoms with Gasteiger partial charge in [-0.1, -0.05) is 0 Å². The molecule has 1 aromatic heterocycles. The Bertz CT molecular complexity index is 672. The molecule has 0 unspecified atom stereocenters. The Balaban J connectivity index is 2.07. The van der Waals surface area contributed by atoms with Gasteiger partial charge in [-0.15, -0.1) is 0 Å². The summed E-state index contributed by atoms with van der Waals surface area (Å²) in [5, 5.41) is 4.10. The molecule has 0 fully saturated rings. The third kappa shape index (κ3) is 2.44. The number of rotatable bonds is 4. The van der Waals surface area contributed by atoms with Crippen molar-refractivity contribution in [1.29, 1.82) is 0 Å². The largest absolute Gasteiger partial charge is 0.351 e. The Morgan fingerprint density at radius 3 is 2.90 bits per heavy atom. The molecular weight excluding hydrogens is 262 g/mol. The standard InChI is InChI=1S/C17H23N3O/c1-2-20-15-6-4-3-5-13(15)14-11-12(7-8-16(14)20)17(21)19-10-9-18/h7-8,11H,2-6,9-10,18H2,1H3,(H,19,21). The number of aryl methyl sites for hydroxylation is 2. The molecule has 4 heteroatoms. The lowest BCUT2D eigenvalue weighted by Gasteiger charge is -2.14. The number of nitrogens with two attached hydrogens (primary N) is 1. The Labute approximate surface area is 125 Å². The first-order chi connectivity index (χ1) is 10.3. The fraction of sp³-hybridized carbons (Fsp3) is 0.471. The van der Waals surface area contributed by atoms with Crippen LogP contribution in [-0.4, -0.2) is 23.6 Å². The molecule has 0 saturated heterocycles. The lowest BCUT2D eigenvalue weighted by Crippen LogP contribution is -2.28. The van der Waals surface area contributed by atoms with Crippen LogP contribution in [0.1, 0.15) is 41.4 Å². The topological polar surface area (TPSA) is 60.0 Å². The molecule has 1 amide bonds. The number of hydrogen-bond acceptors (Lipinski definition) is 2. The third-order valence-electron chi connectivity index (χ3n) is 4.39. The summed E-state index contributed by atoms with van der Waals surface area (Å²) < 4.78 is 2.41. The van der Waals surface area contributed by atoms with Gasteiger partial charge in [0.1, 0.15) is 0 Å². The van der Waals surface area contributed by atoms with Gasteiger partial charge in [0.15, 0.2) is 0 Å². The molecule has 1 aromatic carbocycles. The second-order valence-electron chi connectivity index (χ2n) is 5.65. The molecule has 1 aliphatic carbocycles. The minimum absolute atomic E-state index is 0.0313. The molecule has 21 heavy (non-hydrogen) atoms. The molecule has 0 atom stereocenters. The summed E-state index contributed by atoms with van der Waals surface area (Å²) in [4.78, 5) is 12.1. The van der Waals surface area contributed by atoms with Crippen molar-refractivity contribution in [3.8, 4) is 0 Å². The maximum absolute atomic E-state index is 12.1. The molecule has 3 N–H and O–H groups in total. The molecule has 1 heterocycles. The van der Waals surface area contributed by atoms with Gasteiger partial charge < -0.3 is 15.6 Å². The summed E-state index contributed by atoms with van der Waals surface area (Å²) in [6.45, 7) is 4.17. The summed E-state index contributed by atoms with van der Waals surface area (Å²) in [5.74, 6) is -0.0313. The van der Waals surface area contributed by atoms with Crippen molar-refractivity contribution in [1.82, 2.24) is 9.88 Å². The Hall–Kier alpha value is -1.81. The highest BCUT2D eigenvalue weighted by molar-refractivity contribution is 5.99. The van der Waals surface area contributed by atoms with E-state index in [1.807, 2.05) is 6.07 Å². The molecule has 0 bridgehead atoms. The maximum atomic E-state index is 12.1. The highest BCUT2D eigenvalue weighted by Gasteiger charge is 2.20. The molecular formula is C17H23N3O. The van der Waals surface area contributed by atoms with Gasteiger partial charge >= 0.3 is 0 Å². The molecule has 0 saturated carbocycles. The van der Waals surface area contributed by atoms with E-state index in [9.17, 15) is 4.79 Å². The molecule has 0 radical (unpaired) electrons. The highest BCUT2D eigenvalue weighted by Crippen LogP contribution is 2.32. The second-order valence-corrected chi connectivity index (χ2v) is 5.65. The number of aromatic nitrogens is 1. The number of amides is 1. The summed E-state index contributed by atoms with van der Waals surface area (Å²) in [5.41, 5.74) is 10.4. The summed E-state index contributed by atoms with van der Waals surface area (Å²) in [6.07, 6.45) is 4.81. The van der Waals surface area contributed by atoms with E-state index in [1.165, 1.54) is 35.0 Å². The number of nitrogens with one attached hydrogen (secondary N) is 1. The number of carbonyl (C=O) groups is 1. The van der Waals surface area contributed by atoms with Gasteiger partial charge in [0.2, 0.25) is 0 Å². The molecule has 2 aromatic rings. The van der Waals surface area contributed by atoms with Crippen LogP contribution in [0, 0.1) is 0 Å². The Morgan fingerprint density at radius 2 is 2.14 bits per heavy atom. The monoisotopic (exact) mass is 285 g/mol. The van der Waals surface area contributed by atoms with Crippen molar-refractivity contribution in [2.24, 2.45) is 5.73 Å². The van der Waals surface area contributed by atoms with Gasteiger partial charge in [0, 0.05) is 41.8 Å². The first kappa shape index (κ1) is 14.1. The van der Waals surface area contributed by atoms with E-state index in [2.05, 4.69) is 28.9 Å². The summed E-state index contributed by atoms with van der Waals surface area (Å²) >= 11 is 0. The zero-order chi connectivity index (χ0) is 14.8. The predicted molar refractivity (Wildman–Crippen MR) is 85.6 cm³/mol. The molecule has 1 aliphatic rings. The van der Waals surface area contributed by atoms with Gasteiger partial charge in [0.05, 0.1) is 0 Å². The van der Waals surface area contributed by atoms with Gasteiger partial charge in [-0.2, -0.15) is 0 Å². The van der Waals surface area contributed by atoms with Crippen LogP contribution in [-0.2, 0) is 19.4 Å². The number of benzene rings is 1. The predicted octanol–water partition coefficient (Wildman–Crippen LogP) is 2.23. The average Bonchev–Trinajstić information content (AvgIpc) is 2.85. The Morgan fingerprint density at radius 1 is 1.33 bits per heavy atom. The molecule has 0 spiro atoms. The van der Waals surface area contributed by atoms with Crippen LogP contribution in [0.2, 0.25) is 0 Å². The Kier molecular flexibility index (Phi) is 3.97. The second kappa shape index (κ2) is 5.90. The van der Waals surface area contributed by atoms with Crippen LogP contribution in [0.5, 0.6) is 0 Å². The number of fused-ring (bicyclic) bond motifs is 3. The van der Waals surface area contributed by atoms with Crippen LogP contribution in [0.3, 0.4) is 0 Å². The van der Waals surface area contributed by atoms with Gasteiger partial charge in [0.25, 0.3) is 5.91 Å². The third-order valence-corrected chi connectivity index (χ3v) is 4.39. The number of carbonyl (C=O) groups excluding carboxylic acids is 1. The average molecular weight is 285 g/mol. The fourth-order valence-corrected chi connectivity index (χ4v) is 3.43. The normalized spacial score (nSPS) is 14.2. The van der Waals surface area contributed by atoms with Crippen molar-refractivity contribution < 1.29 is 4.79 Å². The maximum Gasteiger partial charge on any atom is 0.251 e. The van der Waals surface area contributed by atoms with Crippen LogP contribution < -0.4 is 11.1 Å². The zero-order valence-corrected chi connectivity index (χ0v) is 12.6. The fourth-order valence-electron chi connectivity index (χ4n) is 3.43. The molecule has 112 valence electrons. The van der Waals surface area contributed by atoms with Gasteiger partial charge in [-0.25, -0.2) is 0 Å². The lowest BCUT2D eigenvalue weighted by molar-refractivity contribution is 0.0955.